The SMILES string of the molecule is CCC1(c2cccc(N3CCCC3)c2)C2=CN=NC2NC2=C1C(=O)NC(C)(C)C2. The molecule has 0 aliphatic carbocycles. The van der Waals surface area contributed by atoms with Crippen LogP contribution in [0.5, 0.6) is 0 Å². The Morgan fingerprint density at radius 1 is 1.24 bits per heavy atom. The van der Waals surface area contributed by atoms with E-state index in [-0.39, 0.29) is 17.6 Å². The summed E-state index contributed by atoms with van der Waals surface area (Å²) in [5, 5.41) is 15.4. The summed E-state index contributed by atoms with van der Waals surface area (Å²) in [6.07, 6.45) is 5.71. The molecule has 1 saturated heterocycles. The number of fused-ring (bicyclic) bond motifs is 1. The van der Waals surface area contributed by atoms with Crippen molar-refractivity contribution in [3.8, 4) is 0 Å². The summed E-state index contributed by atoms with van der Waals surface area (Å²) in [7, 11) is 0. The van der Waals surface area contributed by atoms with Crippen LogP contribution < -0.4 is 15.5 Å². The van der Waals surface area contributed by atoms with Crippen LogP contribution >= 0.6 is 0 Å². The summed E-state index contributed by atoms with van der Waals surface area (Å²) in [4.78, 5) is 15.9. The van der Waals surface area contributed by atoms with Crippen molar-refractivity contribution in [1.82, 2.24) is 10.6 Å². The fourth-order valence-electron chi connectivity index (χ4n) is 5.55. The van der Waals surface area contributed by atoms with Gasteiger partial charge in [-0.15, -0.1) is 0 Å². The smallest absolute Gasteiger partial charge is 0.250 e. The summed E-state index contributed by atoms with van der Waals surface area (Å²) >= 11 is 0. The molecule has 4 aliphatic rings. The number of nitrogens with zero attached hydrogens (tertiary/aromatic N) is 3. The number of carbonyl (C=O) groups excluding carboxylic acids is 1. The first-order valence-electron chi connectivity index (χ1n) is 10.7. The molecule has 29 heavy (non-hydrogen) atoms. The maximum atomic E-state index is 13.4. The highest BCUT2D eigenvalue weighted by Crippen LogP contribution is 2.51. The Labute approximate surface area is 172 Å². The molecule has 152 valence electrons. The van der Waals surface area contributed by atoms with Crippen LogP contribution in [0.15, 0.2) is 57.5 Å². The van der Waals surface area contributed by atoms with Crippen LogP contribution in [0, 0.1) is 0 Å². The van der Waals surface area contributed by atoms with E-state index >= 15 is 0 Å². The van der Waals surface area contributed by atoms with Gasteiger partial charge in [0.1, 0.15) is 0 Å². The topological polar surface area (TPSA) is 69.1 Å². The molecule has 4 aliphatic heterocycles. The average molecular weight is 392 g/mol. The Hall–Kier alpha value is -2.63. The first-order valence-corrected chi connectivity index (χ1v) is 10.7. The summed E-state index contributed by atoms with van der Waals surface area (Å²) in [6, 6.07) is 8.77. The minimum Gasteiger partial charge on any atom is -0.372 e. The average Bonchev–Trinajstić information content (AvgIpc) is 3.37. The lowest BCUT2D eigenvalue weighted by Gasteiger charge is -2.48. The van der Waals surface area contributed by atoms with Crippen LogP contribution in [-0.4, -0.2) is 30.7 Å². The third-order valence-corrected chi connectivity index (χ3v) is 6.84. The predicted molar refractivity (Wildman–Crippen MR) is 114 cm³/mol. The summed E-state index contributed by atoms with van der Waals surface area (Å²) in [5.74, 6) is 0.0171. The molecule has 2 unspecified atom stereocenters. The van der Waals surface area contributed by atoms with E-state index in [0.717, 1.165) is 48.3 Å². The van der Waals surface area contributed by atoms with Gasteiger partial charge < -0.3 is 15.5 Å². The second-order valence-corrected chi connectivity index (χ2v) is 9.23. The molecule has 0 aromatic heterocycles. The number of hydrogen-bond donors (Lipinski definition) is 2. The predicted octanol–water partition coefficient (Wildman–Crippen LogP) is 3.77. The first kappa shape index (κ1) is 18.4. The Morgan fingerprint density at radius 3 is 2.79 bits per heavy atom. The third kappa shape index (κ3) is 2.72. The van der Waals surface area contributed by atoms with Crippen molar-refractivity contribution in [2.24, 2.45) is 10.2 Å². The van der Waals surface area contributed by atoms with E-state index in [1.54, 1.807) is 0 Å². The lowest BCUT2D eigenvalue weighted by molar-refractivity contribution is -0.120. The van der Waals surface area contributed by atoms with E-state index in [4.69, 9.17) is 0 Å². The molecule has 1 fully saturated rings. The van der Waals surface area contributed by atoms with Crippen LogP contribution in [0.1, 0.15) is 52.0 Å². The molecule has 0 saturated carbocycles. The van der Waals surface area contributed by atoms with Crippen LogP contribution in [-0.2, 0) is 10.2 Å². The highest BCUT2D eigenvalue weighted by Gasteiger charge is 2.53. The highest BCUT2D eigenvalue weighted by molar-refractivity contribution is 6.00. The molecule has 2 atom stereocenters. The maximum absolute atomic E-state index is 13.4. The second-order valence-electron chi connectivity index (χ2n) is 9.23. The van der Waals surface area contributed by atoms with Crippen molar-refractivity contribution in [2.45, 2.75) is 63.6 Å². The van der Waals surface area contributed by atoms with Gasteiger partial charge >= 0.3 is 0 Å². The van der Waals surface area contributed by atoms with E-state index in [1.807, 2.05) is 6.20 Å². The van der Waals surface area contributed by atoms with E-state index < -0.39 is 5.41 Å². The molecule has 1 aromatic rings. The Kier molecular flexibility index (Phi) is 4.09. The van der Waals surface area contributed by atoms with Crippen molar-refractivity contribution in [3.05, 3.63) is 52.9 Å². The van der Waals surface area contributed by atoms with Gasteiger partial charge in [0, 0.05) is 42.0 Å². The molecule has 0 spiro atoms. The number of amides is 1. The zero-order chi connectivity index (χ0) is 20.2. The molecule has 1 amide bonds. The zero-order valence-corrected chi connectivity index (χ0v) is 17.5. The molecule has 6 heteroatoms. The van der Waals surface area contributed by atoms with Gasteiger partial charge in [0.25, 0.3) is 5.91 Å². The van der Waals surface area contributed by atoms with Crippen LogP contribution in [0.2, 0.25) is 0 Å². The van der Waals surface area contributed by atoms with Crippen LogP contribution in [0.4, 0.5) is 5.69 Å². The number of azo groups is 1. The molecule has 4 heterocycles. The monoisotopic (exact) mass is 391 g/mol. The molecular formula is C23H29N5O. The van der Waals surface area contributed by atoms with Crippen molar-refractivity contribution in [2.75, 3.05) is 18.0 Å². The Morgan fingerprint density at radius 2 is 2.03 bits per heavy atom. The van der Waals surface area contributed by atoms with Gasteiger partial charge in [-0.3, -0.25) is 4.79 Å². The minimum absolute atomic E-state index is 0.0171. The van der Waals surface area contributed by atoms with E-state index in [0.29, 0.717) is 0 Å². The molecule has 6 nitrogen and oxygen atoms in total. The van der Waals surface area contributed by atoms with E-state index in [1.165, 1.54) is 18.5 Å². The standard InChI is InChI=1S/C23H29N5O/c1-4-23(15-8-7-9-16(12-15)28-10-5-6-11-28)17-14-24-27-20(17)25-18-13-22(2,3)26-21(29)19(18)23/h7-9,12,14,20,25H,4-6,10-11,13H2,1-3H3,(H,26,29). The summed E-state index contributed by atoms with van der Waals surface area (Å²) in [5.41, 5.74) is 4.54. The van der Waals surface area contributed by atoms with Gasteiger partial charge in [-0.1, -0.05) is 19.1 Å². The van der Waals surface area contributed by atoms with Crippen LogP contribution in [0.3, 0.4) is 0 Å². The van der Waals surface area contributed by atoms with E-state index in [9.17, 15) is 4.79 Å². The normalized spacial score (nSPS) is 29.9. The summed E-state index contributed by atoms with van der Waals surface area (Å²) in [6.45, 7) is 8.51. The number of anilines is 1. The van der Waals surface area contributed by atoms with Gasteiger partial charge in [-0.2, -0.15) is 10.2 Å². The fraction of sp³-hybridized carbons (Fsp3) is 0.522. The molecule has 0 radical (unpaired) electrons. The number of nitrogens with one attached hydrogen (secondary N) is 2. The maximum Gasteiger partial charge on any atom is 0.250 e. The number of benzene rings is 1. The lowest BCUT2D eigenvalue weighted by Crippen LogP contribution is -2.58. The van der Waals surface area contributed by atoms with Gasteiger partial charge in [0.2, 0.25) is 0 Å². The highest BCUT2D eigenvalue weighted by atomic mass is 16.2. The summed E-state index contributed by atoms with van der Waals surface area (Å²) < 4.78 is 0. The van der Waals surface area contributed by atoms with Crippen molar-refractivity contribution < 1.29 is 4.79 Å². The largest absolute Gasteiger partial charge is 0.372 e. The van der Waals surface area contributed by atoms with Crippen LogP contribution in [0.25, 0.3) is 0 Å². The molecule has 0 bridgehead atoms. The quantitative estimate of drug-likeness (QED) is 0.824. The second kappa shape index (κ2) is 6.44. The molecule has 1 aromatic carbocycles. The van der Waals surface area contributed by atoms with Crippen molar-refractivity contribution in [3.63, 3.8) is 0 Å². The van der Waals surface area contributed by atoms with Crippen molar-refractivity contribution in [1.29, 1.82) is 0 Å². The van der Waals surface area contributed by atoms with Crippen molar-refractivity contribution >= 4 is 11.6 Å². The number of hydrogen-bond acceptors (Lipinski definition) is 5. The van der Waals surface area contributed by atoms with Gasteiger partial charge in [-0.05, 0) is 50.8 Å². The molecule has 5 rings (SSSR count). The Balaban J connectivity index is 1.70. The van der Waals surface area contributed by atoms with E-state index in [2.05, 4.69) is 70.8 Å². The van der Waals surface area contributed by atoms with Gasteiger partial charge in [0.15, 0.2) is 6.17 Å². The third-order valence-electron chi connectivity index (χ3n) is 6.84. The minimum atomic E-state index is -0.509. The first-order chi connectivity index (χ1) is 13.9. The Bertz CT molecular complexity index is 954. The number of carbonyl (C=O) groups is 1. The zero-order valence-electron chi connectivity index (χ0n) is 17.5. The fourth-order valence-corrected chi connectivity index (χ4v) is 5.55. The lowest BCUT2D eigenvalue weighted by atomic mass is 9.62. The van der Waals surface area contributed by atoms with Gasteiger partial charge in [-0.25, -0.2) is 0 Å². The van der Waals surface area contributed by atoms with Gasteiger partial charge in [0.05, 0.1) is 17.2 Å². The number of rotatable bonds is 3. The molecule has 2 N–H and O–H groups in total. The molecular weight excluding hydrogens is 362 g/mol.